The van der Waals surface area contributed by atoms with Gasteiger partial charge in [0.15, 0.2) is 5.78 Å². The summed E-state index contributed by atoms with van der Waals surface area (Å²) < 4.78 is 19.2. The van der Waals surface area contributed by atoms with Crippen molar-refractivity contribution in [1.29, 1.82) is 5.26 Å². The van der Waals surface area contributed by atoms with E-state index in [9.17, 15) is 9.18 Å². The van der Waals surface area contributed by atoms with Crippen LogP contribution >= 0.6 is 0 Å². The molecular formula is C16H12FNO2. The Kier molecular flexibility index (Phi) is 3.81. The molecule has 0 aliphatic heterocycles. The van der Waals surface area contributed by atoms with Crippen LogP contribution in [-0.4, -0.2) is 12.9 Å². The van der Waals surface area contributed by atoms with Gasteiger partial charge >= 0.3 is 0 Å². The van der Waals surface area contributed by atoms with Crippen molar-refractivity contribution in [3.8, 4) is 22.9 Å². The number of carbonyl (C=O) groups excluding carboxylic acids is 1. The van der Waals surface area contributed by atoms with E-state index in [0.29, 0.717) is 22.4 Å². The molecule has 3 nitrogen and oxygen atoms in total. The number of Topliss-reactive ketones (excluding diaryl/α,β-unsaturated/α-hetero) is 1. The third-order valence-electron chi connectivity index (χ3n) is 2.99. The summed E-state index contributed by atoms with van der Waals surface area (Å²) in [6, 6.07) is 10.9. The van der Waals surface area contributed by atoms with Gasteiger partial charge in [-0.15, -0.1) is 0 Å². The summed E-state index contributed by atoms with van der Waals surface area (Å²) in [5.41, 5.74) is 1.50. The van der Waals surface area contributed by atoms with Crippen LogP contribution in [0.5, 0.6) is 5.75 Å². The first-order valence-electron chi connectivity index (χ1n) is 5.96. The number of hydrogen-bond acceptors (Lipinski definition) is 3. The van der Waals surface area contributed by atoms with Crippen LogP contribution < -0.4 is 4.74 Å². The number of rotatable bonds is 3. The van der Waals surface area contributed by atoms with Crippen molar-refractivity contribution in [2.45, 2.75) is 6.92 Å². The highest BCUT2D eigenvalue weighted by atomic mass is 19.1. The molecule has 0 unspecified atom stereocenters. The zero-order chi connectivity index (χ0) is 14.7. The molecule has 2 aromatic carbocycles. The molecule has 2 rings (SSSR count). The van der Waals surface area contributed by atoms with Crippen LogP contribution in [0.2, 0.25) is 0 Å². The van der Waals surface area contributed by atoms with Gasteiger partial charge in [0.05, 0.1) is 18.7 Å². The maximum Gasteiger partial charge on any atom is 0.159 e. The van der Waals surface area contributed by atoms with Gasteiger partial charge < -0.3 is 4.74 Å². The van der Waals surface area contributed by atoms with E-state index < -0.39 is 5.82 Å². The molecule has 0 spiro atoms. The van der Waals surface area contributed by atoms with Crippen LogP contribution in [-0.2, 0) is 0 Å². The first-order valence-corrected chi connectivity index (χ1v) is 5.96. The molecule has 0 aromatic heterocycles. The second-order valence-electron chi connectivity index (χ2n) is 4.28. The van der Waals surface area contributed by atoms with Crippen molar-refractivity contribution in [2.75, 3.05) is 7.11 Å². The summed E-state index contributed by atoms with van der Waals surface area (Å²) in [7, 11) is 1.47. The molecule has 2 aromatic rings. The molecule has 0 radical (unpaired) electrons. The molecule has 0 amide bonds. The van der Waals surface area contributed by atoms with Gasteiger partial charge in [0, 0.05) is 16.7 Å². The molecule has 20 heavy (non-hydrogen) atoms. The number of halogens is 1. The Hall–Kier alpha value is -2.67. The van der Waals surface area contributed by atoms with Gasteiger partial charge in [0.1, 0.15) is 11.6 Å². The van der Waals surface area contributed by atoms with Crippen molar-refractivity contribution in [1.82, 2.24) is 0 Å². The van der Waals surface area contributed by atoms with Crippen molar-refractivity contribution >= 4 is 5.78 Å². The molecule has 0 aliphatic rings. The zero-order valence-electron chi connectivity index (χ0n) is 11.1. The third kappa shape index (κ3) is 2.52. The fraction of sp³-hybridized carbons (Fsp3) is 0.125. The average Bonchev–Trinajstić information content (AvgIpc) is 2.46. The number of nitrogens with zero attached hydrogens (tertiary/aromatic N) is 1. The lowest BCUT2D eigenvalue weighted by atomic mass is 9.98. The van der Waals surface area contributed by atoms with Crippen LogP contribution in [0.3, 0.4) is 0 Å². The summed E-state index contributed by atoms with van der Waals surface area (Å²) in [5, 5.41) is 8.95. The Morgan fingerprint density at radius 2 is 1.95 bits per heavy atom. The summed E-state index contributed by atoms with van der Waals surface area (Å²) in [5.74, 6) is -0.173. The van der Waals surface area contributed by atoms with E-state index >= 15 is 0 Å². The molecule has 100 valence electrons. The maximum atomic E-state index is 14.0. The predicted molar refractivity (Wildman–Crippen MR) is 73.1 cm³/mol. The van der Waals surface area contributed by atoms with Gasteiger partial charge in [0.25, 0.3) is 0 Å². The van der Waals surface area contributed by atoms with Gasteiger partial charge in [-0.3, -0.25) is 4.79 Å². The van der Waals surface area contributed by atoms with Crippen LogP contribution in [0.4, 0.5) is 4.39 Å². The Morgan fingerprint density at radius 1 is 1.20 bits per heavy atom. The number of methoxy groups -OCH3 is 1. The first kappa shape index (κ1) is 13.8. The van der Waals surface area contributed by atoms with Gasteiger partial charge in [-0.25, -0.2) is 4.39 Å². The van der Waals surface area contributed by atoms with Gasteiger partial charge in [-0.1, -0.05) is 0 Å². The Morgan fingerprint density at radius 3 is 2.55 bits per heavy atom. The highest BCUT2D eigenvalue weighted by Gasteiger charge is 2.13. The lowest BCUT2D eigenvalue weighted by Gasteiger charge is -2.11. The number of ketones is 1. The quantitative estimate of drug-likeness (QED) is 0.800. The van der Waals surface area contributed by atoms with Crippen molar-refractivity contribution in [3.63, 3.8) is 0 Å². The number of benzene rings is 2. The van der Waals surface area contributed by atoms with Crippen LogP contribution in [0.15, 0.2) is 36.4 Å². The fourth-order valence-corrected chi connectivity index (χ4v) is 1.94. The molecule has 4 heteroatoms. The highest BCUT2D eigenvalue weighted by molar-refractivity contribution is 5.95. The summed E-state index contributed by atoms with van der Waals surface area (Å²) in [6.45, 7) is 1.42. The van der Waals surface area contributed by atoms with Crippen LogP contribution in [0.25, 0.3) is 11.1 Å². The van der Waals surface area contributed by atoms with E-state index in [-0.39, 0.29) is 11.3 Å². The average molecular weight is 269 g/mol. The maximum absolute atomic E-state index is 14.0. The minimum absolute atomic E-state index is 0.151. The van der Waals surface area contributed by atoms with Crippen LogP contribution in [0, 0.1) is 17.1 Å². The molecule has 0 saturated carbocycles. The monoisotopic (exact) mass is 269 g/mol. The van der Waals surface area contributed by atoms with E-state index in [2.05, 4.69) is 0 Å². The Bertz CT molecular complexity index is 717. The minimum atomic E-state index is -0.469. The number of carbonyl (C=O) groups is 1. The smallest absolute Gasteiger partial charge is 0.159 e. The topological polar surface area (TPSA) is 50.1 Å². The van der Waals surface area contributed by atoms with E-state index in [4.69, 9.17) is 10.00 Å². The van der Waals surface area contributed by atoms with Crippen molar-refractivity contribution in [2.24, 2.45) is 0 Å². The van der Waals surface area contributed by atoms with E-state index in [1.807, 2.05) is 6.07 Å². The van der Waals surface area contributed by atoms with E-state index in [1.165, 1.54) is 32.2 Å². The molecule has 0 fully saturated rings. The predicted octanol–water partition coefficient (Wildman–Crippen LogP) is 3.58. The SMILES string of the molecule is COc1ccc(C#N)cc1-c1cc(C(C)=O)ccc1F. The molecule has 0 atom stereocenters. The fourth-order valence-electron chi connectivity index (χ4n) is 1.94. The number of hydrogen-bond donors (Lipinski definition) is 0. The standard InChI is InChI=1S/C16H12FNO2/c1-10(19)12-4-5-15(17)13(8-12)14-7-11(9-18)3-6-16(14)20-2/h3-8H,1-2H3. The minimum Gasteiger partial charge on any atom is -0.496 e. The van der Waals surface area contributed by atoms with E-state index in [1.54, 1.807) is 18.2 Å². The zero-order valence-corrected chi connectivity index (χ0v) is 11.1. The van der Waals surface area contributed by atoms with E-state index in [0.717, 1.165) is 0 Å². The molecule has 0 aliphatic carbocycles. The largest absolute Gasteiger partial charge is 0.496 e. The summed E-state index contributed by atoms with van der Waals surface area (Å²) in [6.07, 6.45) is 0. The summed E-state index contributed by atoms with van der Waals surface area (Å²) in [4.78, 5) is 11.4. The molecular weight excluding hydrogens is 257 g/mol. The van der Waals surface area contributed by atoms with Crippen LogP contribution in [0.1, 0.15) is 22.8 Å². The molecule has 0 bridgehead atoms. The summed E-state index contributed by atoms with van der Waals surface area (Å²) >= 11 is 0. The van der Waals surface area contributed by atoms with Crippen molar-refractivity contribution < 1.29 is 13.9 Å². The lowest BCUT2D eigenvalue weighted by molar-refractivity contribution is 0.101. The first-order chi connectivity index (χ1) is 9.56. The number of nitriles is 1. The Labute approximate surface area is 116 Å². The molecule has 0 N–H and O–H groups in total. The second-order valence-corrected chi connectivity index (χ2v) is 4.28. The van der Waals surface area contributed by atoms with Gasteiger partial charge in [-0.05, 0) is 43.3 Å². The lowest BCUT2D eigenvalue weighted by Crippen LogP contribution is -1.96. The second kappa shape index (κ2) is 5.54. The molecule has 0 saturated heterocycles. The van der Waals surface area contributed by atoms with Crippen molar-refractivity contribution in [3.05, 3.63) is 53.3 Å². The molecule has 0 heterocycles. The normalized spacial score (nSPS) is 9.90. The Balaban J connectivity index is 2.69. The highest BCUT2D eigenvalue weighted by Crippen LogP contribution is 2.33. The van der Waals surface area contributed by atoms with Gasteiger partial charge in [0.2, 0.25) is 0 Å². The third-order valence-corrected chi connectivity index (χ3v) is 2.99. The van der Waals surface area contributed by atoms with Gasteiger partial charge in [-0.2, -0.15) is 5.26 Å². The number of ether oxygens (including phenoxy) is 1.